The summed E-state index contributed by atoms with van der Waals surface area (Å²) >= 11 is 0.181. The van der Waals surface area contributed by atoms with E-state index < -0.39 is 5.82 Å². The summed E-state index contributed by atoms with van der Waals surface area (Å²) in [5, 5.41) is 1.19. The van der Waals surface area contributed by atoms with E-state index in [4.69, 9.17) is 5.73 Å². The normalized spacial score (nSPS) is 10.7. The van der Waals surface area contributed by atoms with Crippen molar-refractivity contribution >= 4 is 33.3 Å². The zero-order valence-electron chi connectivity index (χ0n) is 10.3. The molecule has 1 aromatic heterocycles. The van der Waals surface area contributed by atoms with E-state index in [1.165, 1.54) is 17.5 Å². The van der Waals surface area contributed by atoms with Crippen LogP contribution in [-0.4, -0.2) is 19.5 Å². The Morgan fingerprint density at radius 1 is 1.25 bits per heavy atom. The minimum atomic E-state index is -0.502. The minimum absolute atomic E-state index is 0.157. The first-order valence-corrected chi connectivity index (χ1v) is 6.66. The molecule has 2 aromatic carbocycles. The fourth-order valence-corrected chi connectivity index (χ4v) is 2.44. The van der Waals surface area contributed by atoms with Crippen molar-refractivity contribution in [1.82, 2.24) is 9.97 Å². The molecule has 0 aliphatic carbocycles. The number of hydrogen-bond donors (Lipinski definition) is 2. The van der Waals surface area contributed by atoms with Gasteiger partial charge in [0.1, 0.15) is 11.6 Å². The van der Waals surface area contributed by atoms with Crippen molar-refractivity contribution in [3.63, 3.8) is 0 Å². The number of rotatable bonds is 2. The van der Waals surface area contributed by atoms with Gasteiger partial charge in [0.05, 0.1) is 27.9 Å². The number of para-hydroxylation sites is 2. The van der Waals surface area contributed by atoms with Crippen molar-refractivity contribution in [2.24, 2.45) is 0 Å². The molecule has 0 unspecified atom stereocenters. The third-order valence-corrected chi connectivity index (χ3v) is 3.35. The average molecular weight is 287 g/mol. The number of nitrogens with zero attached hydrogens (tertiary/aromatic N) is 1. The van der Waals surface area contributed by atoms with Crippen LogP contribution in [0.2, 0.25) is 0 Å². The monoisotopic (exact) mass is 287 g/mol. The number of hydrogen-bond acceptors (Lipinski definition) is 3. The van der Waals surface area contributed by atoms with E-state index >= 15 is 0 Å². The lowest BCUT2D eigenvalue weighted by atomic mass is 10.1. The number of imidazole rings is 1. The van der Waals surface area contributed by atoms with Crippen LogP contribution in [0.5, 0.6) is 0 Å². The first-order valence-electron chi connectivity index (χ1n) is 5.85. The number of benzene rings is 2. The lowest BCUT2D eigenvalue weighted by Crippen LogP contribution is -2.00. The highest BCUT2D eigenvalue weighted by molar-refractivity contribution is 7.65. The molecule has 0 aliphatic rings. The van der Waals surface area contributed by atoms with Crippen molar-refractivity contribution in [2.45, 2.75) is 0 Å². The van der Waals surface area contributed by atoms with Gasteiger partial charge in [-0.1, -0.05) is 12.1 Å². The molecule has 20 heavy (non-hydrogen) atoms. The molecule has 0 atom stereocenters. The number of halogens is 1. The minimum Gasteiger partial charge on any atom is -0.398 e. The van der Waals surface area contributed by atoms with Crippen LogP contribution in [0.15, 0.2) is 36.4 Å². The number of nitrogens with two attached hydrogens (primary N) is 1. The number of H-pyrrole nitrogens is 1. The SMILES string of the molecule is Nc1ccc(F)c(C=S=O)c1-c1nc2ccccc2[nH]1. The molecule has 1 heterocycles. The Labute approximate surface area is 117 Å². The Morgan fingerprint density at radius 3 is 2.80 bits per heavy atom. The molecule has 3 aromatic rings. The van der Waals surface area contributed by atoms with Crippen molar-refractivity contribution in [2.75, 3.05) is 5.73 Å². The third-order valence-electron chi connectivity index (χ3n) is 3.02. The second kappa shape index (κ2) is 4.90. The van der Waals surface area contributed by atoms with Crippen LogP contribution in [0.3, 0.4) is 0 Å². The summed E-state index contributed by atoms with van der Waals surface area (Å²) in [7, 11) is 0. The number of aromatic amines is 1. The van der Waals surface area contributed by atoms with Crippen molar-refractivity contribution in [3.05, 3.63) is 47.8 Å². The number of nitrogens with one attached hydrogen (secondary N) is 1. The molecule has 0 spiro atoms. The predicted octanol–water partition coefficient (Wildman–Crippen LogP) is 2.31. The first kappa shape index (κ1) is 12.6. The maximum absolute atomic E-state index is 13.9. The van der Waals surface area contributed by atoms with E-state index in [-0.39, 0.29) is 16.8 Å². The van der Waals surface area contributed by atoms with Gasteiger partial charge in [-0.2, -0.15) is 0 Å². The summed E-state index contributed by atoms with van der Waals surface area (Å²) in [4.78, 5) is 7.48. The molecule has 3 rings (SSSR count). The molecule has 3 N–H and O–H groups in total. The average Bonchev–Trinajstić information content (AvgIpc) is 2.86. The fraction of sp³-hybridized carbons (Fsp3) is 0. The van der Waals surface area contributed by atoms with Crippen LogP contribution in [0.4, 0.5) is 10.1 Å². The van der Waals surface area contributed by atoms with Gasteiger partial charge in [0.15, 0.2) is 0 Å². The molecule has 0 amide bonds. The standard InChI is InChI=1S/C14H10FN3OS/c15-9-5-6-10(16)13(8(9)7-20-19)14-17-11-3-1-2-4-12(11)18-14/h1-7H,16H2,(H,17,18). The Kier molecular flexibility index (Phi) is 3.08. The summed E-state index contributed by atoms with van der Waals surface area (Å²) < 4.78 is 24.6. The highest BCUT2D eigenvalue weighted by Crippen LogP contribution is 2.30. The molecule has 0 bridgehead atoms. The second-order valence-electron chi connectivity index (χ2n) is 4.24. The van der Waals surface area contributed by atoms with Crippen LogP contribution in [0.1, 0.15) is 5.56 Å². The molecule has 0 saturated carbocycles. The Morgan fingerprint density at radius 2 is 2.05 bits per heavy atom. The predicted molar refractivity (Wildman–Crippen MR) is 79.2 cm³/mol. The number of fused-ring (bicyclic) bond motifs is 1. The molecule has 0 fully saturated rings. The Balaban J connectivity index is 2.33. The van der Waals surface area contributed by atoms with E-state index in [2.05, 4.69) is 9.97 Å². The van der Waals surface area contributed by atoms with Crippen molar-refractivity contribution in [3.8, 4) is 11.4 Å². The van der Waals surface area contributed by atoms with Gasteiger partial charge in [-0.3, -0.25) is 0 Å². The van der Waals surface area contributed by atoms with Gasteiger partial charge in [0.25, 0.3) is 0 Å². The van der Waals surface area contributed by atoms with E-state index in [9.17, 15) is 8.60 Å². The smallest absolute Gasteiger partial charge is 0.141 e. The Bertz CT molecular complexity index is 820. The first-order chi connectivity index (χ1) is 9.70. The van der Waals surface area contributed by atoms with Gasteiger partial charge < -0.3 is 10.7 Å². The van der Waals surface area contributed by atoms with E-state index in [1.807, 2.05) is 24.3 Å². The lowest BCUT2D eigenvalue weighted by Gasteiger charge is -2.07. The van der Waals surface area contributed by atoms with E-state index in [0.29, 0.717) is 17.1 Å². The van der Waals surface area contributed by atoms with Gasteiger partial charge in [0.2, 0.25) is 0 Å². The number of aromatic nitrogens is 2. The summed E-state index contributed by atoms with van der Waals surface area (Å²) in [5.41, 5.74) is 8.43. The van der Waals surface area contributed by atoms with Crippen molar-refractivity contribution in [1.29, 1.82) is 0 Å². The van der Waals surface area contributed by atoms with Crippen LogP contribution >= 0.6 is 0 Å². The van der Waals surface area contributed by atoms with Gasteiger partial charge in [-0.15, -0.1) is 0 Å². The molecular weight excluding hydrogens is 277 g/mol. The second-order valence-corrected chi connectivity index (χ2v) is 4.67. The van der Waals surface area contributed by atoms with Crippen LogP contribution < -0.4 is 5.73 Å². The highest BCUT2D eigenvalue weighted by atomic mass is 32.1. The van der Waals surface area contributed by atoms with Crippen molar-refractivity contribution < 1.29 is 8.60 Å². The molecule has 0 aliphatic heterocycles. The van der Waals surface area contributed by atoms with Gasteiger partial charge in [-0.25, -0.2) is 13.6 Å². The van der Waals surface area contributed by atoms with Crippen LogP contribution in [-0.2, 0) is 11.3 Å². The Hall–Kier alpha value is -2.47. The molecular formula is C14H10FN3OS. The number of nitrogen functional groups attached to an aromatic ring is 1. The molecule has 0 radical (unpaired) electrons. The summed E-state index contributed by atoms with van der Waals surface area (Å²) in [6.07, 6.45) is 0. The van der Waals surface area contributed by atoms with Gasteiger partial charge in [-0.05, 0) is 24.3 Å². The summed E-state index contributed by atoms with van der Waals surface area (Å²) in [6.45, 7) is 0. The topological polar surface area (TPSA) is 71.8 Å². The summed E-state index contributed by atoms with van der Waals surface area (Å²) in [6, 6.07) is 10.2. The molecule has 4 nitrogen and oxygen atoms in total. The quantitative estimate of drug-likeness (QED) is 0.561. The van der Waals surface area contributed by atoms with E-state index in [1.54, 1.807) is 0 Å². The van der Waals surface area contributed by atoms with Gasteiger partial charge >= 0.3 is 0 Å². The molecule has 6 heteroatoms. The zero-order valence-corrected chi connectivity index (χ0v) is 11.1. The molecule has 0 saturated heterocycles. The zero-order chi connectivity index (χ0) is 14.1. The van der Waals surface area contributed by atoms with Crippen LogP contribution in [0.25, 0.3) is 22.4 Å². The fourth-order valence-electron chi connectivity index (χ4n) is 2.11. The largest absolute Gasteiger partial charge is 0.398 e. The summed E-state index contributed by atoms with van der Waals surface area (Å²) in [5.74, 6) is -0.0542. The highest BCUT2D eigenvalue weighted by Gasteiger charge is 2.15. The maximum atomic E-state index is 13.9. The van der Waals surface area contributed by atoms with E-state index in [0.717, 1.165) is 11.0 Å². The third kappa shape index (κ3) is 2.00. The molecule has 100 valence electrons. The lowest BCUT2D eigenvalue weighted by molar-refractivity contribution is 0.627. The van der Waals surface area contributed by atoms with Gasteiger partial charge in [0, 0.05) is 16.6 Å². The van der Waals surface area contributed by atoms with Crippen LogP contribution in [0, 0.1) is 5.82 Å². The number of anilines is 1. The maximum Gasteiger partial charge on any atom is 0.141 e.